The Bertz CT molecular complexity index is 993. The van der Waals surface area contributed by atoms with E-state index in [1.54, 1.807) is 6.20 Å². The topological polar surface area (TPSA) is 68.3 Å². The zero-order valence-electron chi connectivity index (χ0n) is 16.2. The highest BCUT2D eigenvalue weighted by atomic mass is 16.5. The van der Waals surface area contributed by atoms with Gasteiger partial charge in [0.15, 0.2) is 0 Å². The molecule has 0 aliphatic carbocycles. The lowest BCUT2D eigenvalue weighted by atomic mass is 9.96. The largest absolute Gasteiger partial charge is 0.469 e. The summed E-state index contributed by atoms with van der Waals surface area (Å²) in [5.41, 5.74) is 4.06. The van der Waals surface area contributed by atoms with Gasteiger partial charge in [0.25, 0.3) is 5.91 Å². The van der Waals surface area contributed by atoms with Crippen LogP contribution < -0.4 is 5.32 Å². The Morgan fingerprint density at radius 2 is 1.82 bits per heavy atom. The summed E-state index contributed by atoms with van der Waals surface area (Å²) in [5.74, 6) is -0.343. The van der Waals surface area contributed by atoms with E-state index in [1.165, 1.54) is 7.11 Å². The number of ether oxygens (including phenoxy) is 1. The summed E-state index contributed by atoms with van der Waals surface area (Å²) in [5, 5.41) is 4.00. The van der Waals surface area contributed by atoms with E-state index in [0.717, 1.165) is 41.3 Å². The molecule has 0 saturated carbocycles. The van der Waals surface area contributed by atoms with Crippen molar-refractivity contribution >= 4 is 28.5 Å². The van der Waals surface area contributed by atoms with Gasteiger partial charge in [-0.05, 0) is 49.4 Å². The van der Waals surface area contributed by atoms with E-state index in [2.05, 4.69) is 15.0 Å². The number of fused-ring (bicyclic) bond motifs is 1. The molecule has 1 aromatic heterocycles. The second-order valence-corrected chi connectivity index (χ2v) is 6.73. The lowest BCUT2D eigenvalue weighted by Gasteiger charge is -2.14. The zero-order valence-corrected chi connectivity index (χ0v) is 16.2. The van der Waals surface area contributed by atoms with Gasteiger partial charge >= 0.3 is 5.97 Å². The van der Waals surface area contributed by atoms with Crippen LogP contribution in [0.4, 0.5) is 5.69 Å². The van der Waals surface area contributed by atoms with Gasteiger partial charge < -0.3 is 10.1 Å². The predicted molar refractivity (Wildman–Crippen MR) is 110 cm³/mol. The van der Waals surface area contributed by atoms with E-state index in [-0.39, 0.29) is 11.9 Å². The van der Waals surface area contributed by atoms with Crippen molar-refractivity contribution in [3.05, 3.63) is 71.4 Å². The molecule has 3 rings (SSSR count). The van der Waals surface area contributed by atoms with Gasteiger partial charge in [-0.1, -0.05) is 36.4 Å². The minimum absolute atomic E-state index is 0.140. The number of esters is 1. The van der Waals surface area contributed by atoms with Crippen molar-refractivity contribution in [3.63, 3.8) is 0 Å². The first-order chi connectivity index (χ1) is 13.6. The van der Waals surface area contributed by atoms with Gasteiger partial charge in [-0.15, -0.1) is 0 Å². The van der Waals surface area contributed by atoms with E-state index in [9.17, 15) is 9.59 Å². The van der Waals surface area contributed by atoms with Crippen molar-refractivity contribution < 1.29 is 14.3 Å². The van der Waals surface area contributed by atoms with Crippen LogP contribution in [0.2, 0.25) is 0 Å². The SMILES string of the molecule is COC(=O)CCCCc1cccc(C)c1C(=O)Nc1cccc2cccnc12. The molecule has 0 atom stereocenters. The third-order valence-corrected chi connectivity index (χ3v) is 4.77. The molecule has 0 saturated heterocycles. The fourth-order valence-electron chi connectivity index (χ4n) is 3.34. The Kier molecular flexibility index (Phi) is 6.37. The van der Waals surface area contributed by atoms with Crippen molar-refractivity contribution in [1.29, 1.82) is 0 Å². The first-order valence-corrected chi connectivity index (χ1v) is 9.40. The fraction of sp³-hybridized carbons (Fsp3) is 0.261. The molecule has 5 heteroatoms. The second kappa shape index (κ2) is 9.13. The maximum Gasteiger partial charge on any atom is 0.305 e. The first kappa shape index (κ1) is 19.5. The number of benzene rings is 2. The summed E-state index contributed by atoms with van der Waals surface area (Å²) < 4.78 is 4.68. The Labute approximate surface area is 164 Å². The van der Waals surface area contributed by atoms with Crippen molar-refractivity contribution in [2.75, 3.05) is 12.4 Å². The van der Waals surface area contributed by atoms with Gasteiger partial charge in [0.1, 0.15) is 0 Å². The summed E-state index contributed by atoms with van der Waals surface area (Å²) in [6.07, 6.45) is 4.39. The van der Waals surface area contributed by atoms with Gasteiger partial charge in [-0.25, -0.2) is 0 Å². The highest BCUT2D eigenvalue weighted by Crippen LogP contribution is 2.23. The van der Waals surface area contributed by atoms with Crippen LogP contribution in [0.15, 0.2) is 54.7 Å². The molecule has 0 radical (unpaired) electrons. The number of nitrogens with one attached hydrogen (secondary N) is 1. The summed E-state index contributed by atoms with van der Waals surface area (Å²) >= 11 is 0. The minimum atomic E-state index is -0.203. The lowest BCUT2D eigenvalue weighted by molar-refractivity contribution is -0.140. The third-order valence-electron chi connectivity index (χ3n) is 4.77. The molecule has 144 valence electrons. The first-order valence-electron chi connectivity index (χ1n) is 9.40. The second-order valence-electron chi connectivity index (χ2n) is 6.73. The molecule has 0 fully saturated rings. The van der Waals surface area contributed by atoms with Crippen molar-refractivity contribution in [2.24, 2.45) is 0 Å². The number of anilines is 1. The lowest BCUT2D eigenvalue weighted by Crippen LogP contribution is -2.16. The monoisotopic (exact) mass is 376 g/mol. The van der Waals surface area contributed by atoms with Crippen LogP contribution in [0.25, 0.3) is 10.9 Å². The molecule has 0 bridgehead atoms. The molecule has 5 nitrogen and oxygen atoms in total. The number of aromatic nitrogens is 1. The molecule has 2 aromatic carbocycles. The number of nitrogens with zero attached hydrogens (tertiary/aromatic N) is 1. The minimum Gasteiger partial charge on any atom is -0.469 e. The average molecular weight is 376 g/mol. The molecular weight excluding hydrogens is 352 g/mol. The number of rotatable bonds is 7. The van der Waals surface area contributed by atoms with Crippen LogP contribution in [0.5, 0.6) is 0 Å². The Hall–Kier alpha value is -3.21. The third kappa shape index (κ3) is 4.55. The molecular formula is C23H24N2O3. The Balaban J connectivity index is 1.78. The van der Waals surface area contributed by atoms with E-state index in [4.69, 9.17) is 0 Å². The molecule has 0 aliphatic rings. The number of carbonyl (C=O) groups excluding carboxylic acids is 2. The summed E-state index contributed by atoms with van der Waals surface area (Å²) in [4.78, 5) is 28.7. The molecule has 0 unspecified atom stereocenters. The maximum atomic E-state index is 13.1. The highest BCUT2D eigenvalue weighted by Gasteiger charge is 2.16. The van der Waals surface area contributed by atoms with Gasteiger partial charge in [-0.2, -0.15) is 0 Å². The van der Waals surface area contributed by atoms with E-state index >= 15 is 0 Å². The van der Waals surface area contributed by atoms with Crippen molar-refractivity contribution in [1.82, 2.24) is 4.98 Å². The van der Waals surface area contributed by atoms with Crippen LogP contribution in [0.3, 0.4) is 0 Å². The molecule has 28 heavy (non-hydrogen) atoms. The van der Waals surface area contributed by atoms with Crippen LogP contribution in [0, 0.1) is 6.92 Å². The number of carbonyl (C=O) groups is 2. The maximum absolute atomic E-state index is 13.1. The smallest absolute Gasteiger partial charge is 0.305 e. The standard InChI is InChI=1S/C23H24N2O3/c1-16-8-5-10-17(9-3-4-14-20(26)28-2)21(16)23(27)25-19-13-6-11-18-12-7-15-24-22(18)19/h5-8,10-13,15H,3-4,9,14H2,1-2H3,(H,25,27). The van der Waals surface area contributed by atoms with Gasteiger partial charge in [-0.3, -0.25) is 14.6 Å². The number of amides is 1. The number of para-hydroxylation sites is 1. The molecule has 1 amide bonds. The Morgan fingerprint density at radius 3 is 2.64 bits per heavy atom. The predicted octanol–water partition coefficient (Wildman–Crippen LogP) is 4.68. The highest BCUT2D eigenvalue weighted by molar-refractivity contribution is 6.09. The summed E-state index contributed by atoms with van der Waals surface area (Å²) in [6.45, 7) is 1.94. The molecule has 1 heterocycles. The zero-order chi connectivity index (χ0) is 19.9. The quantitative estimate of drug-likeness (QED) is 0.480. The fourth-order valence-corrected chi connectivity index (χ4v) is 3.34. The van der Waals surface area contributed by atoms with Crippen LogP contribution >= 0.6 is 0 Å². The molecule has 1 N–H and O–H groups in total. The van der Waals surface area contributed by atoms with Crippen LogP contribution in [-0.4, -0.2) is 24.0 Å². The van der Waals surface area contributed by atoms with E-state index < -0.39 is 0 Å². The number of pyridine rings is 1. The van der Waals surface area contributed by atoms with Crippen LogP contribution in [0.1, 0.15) is 40.7 Å². The van der Waals surface area contributed by atoms with E-state index in [1.807, 2.05) is 55.5 Å². The molecule has 3 aromatic rings. The molecule has 0 aliphatic heterocycles. The normalized spacial score (nSPS) is 10.6. The number of aryl methyl sites for hydroxylation is 2. The van der Waals surface area contributed by atoms with Gasteiger partial charge in [0, 0.05) is 23.6 Å². The number of methoxy groups -OCH3 is 1. The van der Waals surface area contributed by atoms with Crippen molar-refractivity contribution in [2.45, 2.75) is 32.6 Å². The number of unbranched alkanes of at least 4 members (excludes halogenated alkanes) is 1. The van der Waals surface area contributed by atoms with Gasteiger partial charge in [0.2, 0.25) is 0 Å². The average Bonchev–Trinajstić information content (AvgIpc) is 2.71. The Morgan fingerprint density at radius 1 is 1.04 bits per heavy atom. The van der Waals surface area contributed by atoms with Gasteiger partial charge in [0.05, 0.1) is 18.3 Å². The van der Waals surface area contributed by atoms with Crippen LogP contribution in [-0.2, 0) is 16.0 Å². The van der Waals surface area contributed by atoms with E-state index in [0.29, 0.717) is 17.7 Å². The number of hydrogen-bond donors (Lipinski definition) is 1. The summed E-state index contributed by atoms with van der Waals surface area (Å²) in [6, 6.07) is 15.5. The summed E-state index contributed by atoms with van der Waals surface area (Å²) in [7, 11) is 1.40. The number of hydrogen-bond acceptors (Lipinski definition) is 4. The van der Waals surface area contributed by atoms with Crippen molar-refractivity contribution in [3.8, 4) is 0 Å². The molecule has 0 spiro atoms.